The summed E-state index contributed by atoms with van der Waals surface area (Å²) < 4.78 is 18.7. The highest BCUT2D eigenvalue weighted by atomic mass is 19.1. The van der Waals surface area contributed by atoms with Crippen LogP contribution in [0.1, 0.15) is 24.3 Å². The summed E-state index contributed by atoms with van der Waals surface area (Å²) in [4.78, 5) is 11.1. The van der Waals surface area contributed by atoms with Gasteiger partial charge in [-0.05, 0) is 48.2 Å². The van der Waals surface area contributed by atoms with Gasteiger partial charge in [0, 0.05) is 45.5 Å². The van der Waals surface area contributed by atoms with Crippen LogP contribution in [0.5, 0.6) is 0 Å². The van der Waals surface area contributed by atoms with E-state index in [0.29, 0.717) is 24.4 Å². The van der Waals surface area contributed by atoms with E-state index in [1.54, 1.807) is 12.1 Å². The van der Waals surface area contributed by atoms with Gasteiger partial charge in [0.05, 0.1) is 6.54 Å². The molecule has 0 N–H and O–H groups in total. The Morgan fingerprint density at radius 1 is 1.24 bits per heavy atom. The number of halogens is 1. The minimum absolute atomic E-state index is 0.132. The highest BCUT2D eigenvalue weighted by Gasteiger charge is 2.29. The molecule has 0 bridgehead atoms. The maximum Gasteiger partial charge on any atom is 0.265 e. The van der Waals surface area contributed by atoms with Crippen LogP contribution in [0.4, 0.5) is 16.0 Å². The van der Waals surface area contributed by atoms with Crippen molar-refractivity contribution in [3.63, 3.8) is 0 Å². The number of benzene rings is 1. The lowest BCUT2D eigenvalue weighted by Crippen LogP contribution is -2.44. The molecule has 1 saturated heterocycles. The molecule has 6 nitrogen and oxygen atoms in total. The predicted molar refractivity (Wildman–Crippen MR) is 94.4 cm³/mol. The molecule has 0 amide bonds. The van der Waals surface area contributed by atoms with E-state index in [1.807, 2.05) is 25.1 Å². The van der Waals surface area contributed by atoms with Crippen LogP contribution >= 0.6 is 0 Å². The molecule has 2 aliphatic heterocycles. The van der Waals surface area contributed by atoms with Crippen LogP contribution in [0.25, 0.3) is 0 Å². The molecule has 134 valence electrons. The summed E-state index contributed by atoms with van der Waals surface area (Å²) >= 11 is 0. The topological polar surface area (TPSA) is 48.6 Å². The molecule has 2 aliphatic rings. The average molecular weight is 345 g/mol. The second-order valence-corrected chi connectivity index (χ2v) is 7.11. The standard InChI is InChI=1S/C18H24FN5O/c1-22(2)18-20-17(25-21-18)12-23-8-6-15(7-9-23)24-10-5-13-11-14(19)3-4-16(13)24/h3-4,11,15H,5-10,12H2,1-2H3. The number of anilines is 2. The van der Waals surface area contributed by atoms with Crippen molar-refractivity contribution in [3.05, 3.63) is 35.5 Å². The second-order valence-electron chi connectivity index (χ2n) is 7.11. The van der Waals surface area contributed by atoms with Crippen LogP contribution in [-0.2, 0) is 13.0 Å². The third kappa shape index (κ3) is 3.33. The molecule has 1 fully saturated rings. The van der Waals surface area contributed by atoms with Gasteiger partial charge in [0.2, 0.25) is 5.89 Å². The van der Waals surface area contributed by atoms with Crippen LogP contribution in [0.3, 0.4) is 0 Å². The Kier molecular flexibility index (Phi) is 4.33. The van der Waals surface area contributed by atoms with E-state index in [1.165, 1.54) is 5.69 Å². The lowest BCUT2D eigenvalue weighted by molar-refractivity contribution is 0.179. The molecule has 0 atom stereocenters. The number of hydrogen-bond acceptors (Lipinski definition) is 6. The number of likely N-dealkylation sites (tertiary alicyclic amines) is 1. The van der Waals surface area contributed by atoms with Crippen molar-refractivity contribution in [1.29, 1.82) is 0 Å². The molecule has 4 rings (SSSR count). The zero-order chi connectivity index (χ0) is 17.4. The van der Waals surface area contributed by atoms with Crippen LogP contribution in [0.2, 0.25) is 0 Å². The molecule has 2 aromatic rings. The lowest BCUT2D eigenvalue weighted by atomic mass is 10.0. The van der Waals surface area contributed by atoms with Crippen molar-refractivity contribution < 1.29 is 8.91 Å². The highest BCUT2D eigenvalue weighted by molar-refractivity contribution is 5.58. The first-order valence-corrected chi connectivity index (χ1v) is 8.87. The second kappa shape index (κ2) is 6.63. The van der Waals surface area contributed by atoms with Crippen LogP contribution in [0.15, 0.2) is 22.7 Å². The Bertz CT molecular complexity index is 739. The van der Waals surface area contributed by atoms with Gasteiger partial charge >= 0.3 is 0 Å². The number of piperidine rings is 1. The van der Waals surface area contributed by atoms with Gasteiger partial charge in [-0.3, -0.25) is 4.90 Å². The number of rotatable bonds is 4. The Morgan fingerprint density at radius 2 is 2.04 bits per heavy atom. The monoisotopic (exact) mass is 345 g/mol. The van der Waals surface area contributed by atoms with Gasteiger partial charge in [-0.1, -0.05) is 0 Å². The van der Waals surface area contributed by atoms with Crippen molar-refractivity contribution in [1.82, 2.24) is 15.0 Å². The molecule has 0 saturated carbocycles. The van der Waals surface area contributed by atoms with E-state index in [4.69, 9.17) is 4.52 Å². The molecular weight excluding hydrogens is 321 g/mol. The van der Waals surface area contributed by atoms with Crippen molar-refractivity contribution >= 4 is 11.6 Å². The SMILES string of the molecule is CN(C)c1noc(CN2CCC(N3CCc4cc(F)ccc43)CC2)n1. The Morgan fingerprint density at radius 3 is 2.76 bits per heavy atom. The van der Waals surface area contributed by atoms with E-state index in [9.17, 15) is 4.39 Å². The predicted octanol–water partition coefficient (Wildman–Crippen LogP) is 2.30. The van der Waals surface area contributed by atoms with Crippen LogP contribution < -0.4 is 9.80 Å². The molecule has 1 aromatic carbocycles. The highest BCUT2D eigenvalue weighted by Crippen LogP contribution is 2.33. The summed E-state index contributed by atoms with van der Waals surface area (Å²) in [5, 5.41) is 3.97. The van der Waals surface area contributed by atoms with E-state index in [0.717, 1.165) is 44.5 Å². The summed E-state index contributed by atoms with van der Waals surface area (Å²) in [5.74, 6) is 1.15. The largest absolute Gasteiger partial charge is 0.368 e. The first kappa shape index (κ1) is 16.3. The molecule has 1 aromatic heterocycles. The summed E-state index contributed by atoms with van der Waals surface area (Å²) in [5.41, 5.74) is 2.36. The summed E-state index contributed by atoms with van der Waals surface area (Å²) in [6, 6.07) is 5.72. The van der Waals surface area contributed by atoms with Crippen LogP contribution in [-0.4, -0.2) is 54.8 Å². The maximum atomic E-state index is 13.4. The molecule has 0 spiro atoms. The summed E-state index contributed by atoms with van der Waals surface area (Å²) in [6.07, 6.45) is 3.15. The molecule has 0 aliphatic carbocycles. The Labute approximate surface area is 147 Å². The number of aromatic nitrogens is 2. The molecule has 3 heterocycles. The third-order valence-electron chi connectivity index (χ3n) is 5.19. The van der Waals surface area contributed by atoms with E-state index in [2.05, 4.69) is 19.9 Å². The normalized spacial score (nSPS) is 18.6. The Balaban J connectivity index is 1.34. The molecule has 0 radical (unpaired) electrons. The summed E-state index contributed by atoms with van der Waals surface area (Å²) in [6.45, 7) is 3.73. The number of hydrogen-bond donors (Lipinski definition) is 0. The van der Waals surface area contributed by atoms with Gasteiger partial charge < -0.3 is 14.3 Å². The fraction of sp³-hybridized carbons (Fsp3) is 0.556. The first-order valence-electron chi connectivity index (χ1n) is 8.87. The van der Waals surface area contributed by atoms with Gasteiger partial charge in [0.25, 0.3) is 5.95 Å². The van der Waals surface area contributed by atoms with Crippen molar-refractivity contribution in [2.75, 3.05) is 43.5 Å². The lowest BCUT2D eigenvalue weighted by Gasteiger charge is -2.37. The van der Waals surface area contributed by atoms with Gasteiger partial charge in [-0.2, -0.15) is 4.98 Å². The zero-order valence-electron chi connectivity index (χ0n) is 14.8. The van der Waals surface area contributed by atoms with E-state index >= 15 is 0 Å². The maximum absolute atomic E-state index is 13.4. The first-order chi connectivity index (χ1) is 12.1. The van der Waals surface area contributed by atoms with Crippen molar-refractivity contribution in [2.45, 2.75) is 31.8 Å². The number of nitrogens with zero attached hydrogens (tertiary/aromatic N) is 5. The zero-order valence-corrected chi connectivity index (χ0v) is 14.8. The Hall–Kier alpha value is -2.15. The van der Waals surface area contributed by atoms with Gasteiger partial charge in [0.15, 0.2) is 0 Å². The molecule has 7 heteroatoms. The van der Waals surface area contributed by atoms with Crippen molar-refractivity contribution in [2.24, 2.45) is 0 Å². The average Bonchev–Trinajstić information content (AvgIpc) is 3.22. The number of fused-ring (bicyclic) bond motifs is 1. The minimum Gasteiger partial charge on any atom is -0.368 e. The smallest absolute Gasteiger partial charge is 0.265 e. The van der Waals surface area contributed by atoms with E-state index < -0.39 is 0 Å². The molecule has 0 unspecified atom stereocenters. The fourth-order valence-electron chi connectivity index (χ4n) is 3.85. The molecule has 25 heavy (non-hydrogen) atoms. The summed E-state index contributed by atoms with van der Waals surface area (Å²) in [7, 11) is 3.81. The quantitative estimate of drug-likeness (QED) is 0.847. The van der Waals surface area contributed by atoms with Crippen molar-refractivity contribution in [3.8, 4) is 0 Å². The van der Waals surface area contributed by atoms with E-state index in [-0.39, 0.29) is 5.82 Å². The minimum atomic E-state index is -0.132. The van der Waals surface area contributed by atoms with Gasteiger partial charge in [-0.15, -0.1) is 0 Å². The fourth-order valence-corrected chi connectivity index (χ4v) is 3.85. The molecular formula is C18H24FN5O. The van der Waals surface area contributed by atoms with Gasteiger partial charge in [-0.25, -0.2) is 4.39 Å². The van der Waals surface area contributed by atoms with Crippen LogP contribution in [0, 0.1) is 5.82 Å². The van der Waals surface area contributed by atoms with Gasteiger partial charge in [0.1, 0.15) is 5.82 Å². The third-order valence-corrected chi connectivity index (χ3v) is 5.19.